The van der Waals surface area contributed by atoms with Gasteiger partial charge in [-0.2, -0.15) is 0 Å². The normalized spacial score (nSPS) is 42.3. The van der Waals surface area contributed by atoms with Crippen molar-refractivity contribution in [3.8, 4) is 0 Å². The molecule has 0 N–H and O–H groups in total. The Labute approximate surface area is 99.3 Å². The van der Waals surface area contributed by atoms with E-state index in [-0.39, 0.29) is 5.92 Å². The maximum Gasteiger partial charge on any atom is 0.157 e. The predicted octanol–water partition coefficient (Wildman–Crippen LogP) is 3.87. The molecule has 0 bridgehead atoms. The second-order valence-electron chi connectivity index (χ2n) is 3.87. The number of ether oxygens (including phenoxy) is 1. The van der Waals surface area contributed by atoms with Gasteiger partial charge in [0.1, 0.15) is 5.60 Å². The van der Waals surface area contributed by atoms with E-state index >= 15 is 0 Å². The second kappa shape index (κ2) is 3.55. The van der Waals surface area contributed by atoms with Crippen LogP contribution < -0.4 is 0 Å². The van der Waals surface area contributed by atoms with Crippen LogP contribution in [0.25, 0.3) is 0 Å². The fourth-order valence-electron chi connectivity index (χ4n) is 2.61. The third kappa shape index (κ3) is 1.19. The van der Waals surface area contributed by atoms with Crippen LogP contribution >= 0.6 is 34.8 Å². The van der Waals surface area contributed by atoms with Gasteiger partial charge in [0.05, 0.1) is 0 Å². The Hall–Kier alpha value is 0.570. The summed E-state index contributed by atoms with van der Waals surface area (Å²) in [6.07, 6.45) is 3.07. The molecule has 0 spiro atoms. The van der Waals surface area contributed by atoms with Gasteiger partial charge in [0.2, 0.25) is 0 Å². The lowest BCUT2D eigenvalue weighted by atomic mass is 9.93. The Bertz CT molecular complexity index is 275. The molecule has 2 saturated carbocycles. The molecule has 80 valence electrons. The number of hydrogen-bond donors (Lipinski definition) is 0. The lowest BCUT2D eigenvalue weighted by Gasteiger charge is -2.25. The molecule has 0 aromatic carbocycles. The first-order chi connectivity index (χ1) is 6.61. The third-order valence-electron chi connectivity index (χ3n) is 3.26. The molecule has 1 nitrogen and oxygen atoms in total. The van der Waals surface area contributed by atoms with E-state index in [0.29, 0.717) is 6.61 Å². The van der Waals surface area contributed by atoms with Gasteiger partial charge >= 0.3 is 0 Å². The van der Waals surface area contributed by atoms with Gasteiger partial charge in [0.25, 0.3) is 0 Å². The summed E-state index contributed by atoms with van der Waals surface area (Å²) in [5, 5.41) is 0. The van der Waals surface area contributed by atoms with E-state index in [1.54, 1.807) is 5.54 Å². The van der Waals surface area contributed by atoms with Crippen molar-refractivity contribution in [1.29, 1.82) is 0 Å². The standard InChI is InChI=1S/C10H13Cl3O/c1-2-14-9-7(6-11)4-3-5-8(9)10(9,12)13/h6,8H,2-5H2,1H3/b7-6+/t8-,9-/m0/s1. The summed E-state index contributed by atoms with van der Waals surface area (Å²) in [5.41, 5.74) is 2.17. The van der Waals surface area contributed by atoms with Crippen molar-refractivity contribution in [3.63, 3.8) is 0 Å². The number of halogens is 3. The molecule has 0 amide bonds. The molecule has 2 aliphatic rings. The van der Waals surface area contributed by atoms with E-state index in [0.717, 1.165) is 24.8 Å². The lowest BCUT2D eigenvalue weighted by Crippen LogP contribution is -2.27. The fourth-order valence-corrected chi connectivity index (χ4v) is 3.91. The van der Waals surface area contributed by atoms with Crippen LogP contribution in [-0.4, -0.2) is 16.5 Å². The van der Waals surface area contributed by atoms with Crippen LogP contribution in [0.5, 0.6) is 0 Å². The van der Waals surface area contributed by atoms with Crippen molar-refractivity contribution in [3.05, 3.63) is 11.1 Å². The molecule has 0 radical (unpaired) electrons. The molecule has 0 aromatic rings. The zero-order valence-electron chi connectivity index (χ0n) is 8.03. The molecular weight excluding hydrogens is 242 g/mol. The molecule has 2 rings (SSSR count). The molecule has 2 fully saturated rings. The van der Waals surface area contributed by atoms with Crippen LogP contribution in [-0.2, 0) is 4.74 Å². The smallest absolute Gasteiger partial charge is 0.157 e. The minimum Gasteiger partial charge on any atom is -0.367 e. The highest BCUT2D eigenvalue weighted by atomic mass is 35.5. The van der Waals surface area contributed by atoms with Crippen molar-refractivity contribution in [1.82, 2.24) is 0 Å². The van der Waals surface area contributed by atoms with Crippen LogP contribution in [0.3, 0.4) is 0 Å². The summed E-state index contributed by atoms with van der Waals surface area (Å²) in [4.78, 5) is 0. The van der Waals surface area contributed by atoms with E-state index in [1.165, 1.54) is 0 Å². The van der Waals surface area contributed by atoms with E-state index in [2.05, 4.69) is 0 Å². The number of fused-ring (bicyclic) bond motifs is 1. The van der Waals surface area contributed by atoms with E-state index in [4.69, 9.17) is 39.5 Å². The Morgan fingerprint density at radius 1 is 1.57 bits per heavy atom. The van der Waals surface area contributed by atoms with Crippen molar-refractivity contribution in [2.75, 3.05) is 6.61 Å². The third-order valence-corrected chi connectivity index (χ3v) is 4.61. The maximum absolute atomic E-state index is 6.26. The van der Waals surface area contributed by atoms with Crippen LogP contribution in [0.1, 0.15) is 26.2 Å². The van der Waals surface area contributed by atoms with Crippen LogP contribution in [0, 0.1) is 5.92 Å². The molecule has 0 aromatic heterocycles. The molecule has 0 aliphatic heterocycles. The van der Waals surface area contributed by atoms with Crippen molar-refractivity contribution in [2.24, 2.45) is 5.92 Å². The Balaban J connectivity index is 2.32. The quantitative estimate of drug-likeness (QED) is 0.681. The highest BCUT2D eigenvalue weighted by Gasteiger charge is 2.79. The number of rotatable bonds is 2. The van der Waals surface area contributed by atoms with Gasteiger partial charge in [0, 0.05) is 18.1 Å². The fraction of sp³-hybridized carbons (Fsp3) is 0.800. The van der Waals surface area contributed by atoms with Crippen molar-refractivity contribution >= 4 is 34.8 Å². The first-order valence-corrected chi connectivity index (χ1v) is 6.12. The molecule has 2 aliphatic carbocycles. The average Bonchev–Trinajstić information content (AvgIpc) is 2.64. The van der Waals surface area contributed by atoms with Crippen LogP contribution in [0.4, 0.5) is 0 Å². The Morgan fingerprint density at radius 2 is 2.29 bits per heavy atom. The van der Waals surface area contributed by atoms with Crippen molar-refractivity contribution < 1.29 is 4.74 Å². The van der Waals surface area contributed by atoms with Gasteiger partial charge in [-0.05, 0) is 31.8 Å². The van der Waals surface area contributed by atoms with Crippen LogP contribution in [0.15, 0.2) is 11.1 Å². The summed E-state index contributed by atoms with van der Waals surface area (Å²) in [6, 6.07) is 0. The summed E-state index contributed by atoms with van der Waals surface area (Å²) < 4.78 is 4.98. The average molecular weight is 256 g/mol. The van der Waals surface area contributed by atoms with E-state index in [1.807, 2.05) is 6.92 Å². The summed E-state index contributed by atoms with van der Waals surface area (Å²) >= 11 is 18.3. The zero-order valence-corrected chi connectivity index (χ0v) is 10.3. The van der Waals surface area contributed by atoms with Gasteiger partial charge < -0.3 is 4.74 Å². The Kier molecular flexibility index (Phi) is 2.81. The number of hydrogen-bond acceptors (Lipinski definition) is 1. The summed E-state index contributed by atoms with van der Waals surface area (Å²) in [7, 11) is 0. The zero-order chi connectivity index (χ0) is 10.4. The number of alkyl halides is 2. The first kappa shape index (κ1) is 11.1. The Morgan fingerprint density at radius 3 is 2.86 bits per heavy atom. The lowest BCUT2D eigenvalue weighted by molar-refractivity contribution is 0.0450. The van der Waals surface area contributed by atoms with E-state index < -0.39 is 9.93 Å². The highest BCUT2D eigenvalue weighted by Crippen LogP contribution is 2.72. The minimum absolute atomic E-state index is 0.219. The van der Waals surface area contributed by atoms with Crippen molar-refractivity contribution in [2.45, 2.75) is 36.1 Å². The van der Waals surface area contributed by atoms with Gasteiger partial charge in [-0.15, -0.1) is 0 Å². The minimum atomic E-state index is -0.764. The molecule has 14 heavy (non-hydrogen) atoms. The highest BCUT2D eigenvalue weighted by molar-refractivity contribution is 6.53. The molecule has 0 unspecified atom stereocenters. The van der Waals surface area contributed by atoms with Crippen LogP contribution in [0.2, 0.25) is 0 Å². The topological polar surface area (TPSA) is 9.23 Å². The van der Waals surface area contributed by atoms with Gasteiger partial charge in [0.15, 0.2) is 4.33 Å². The molecular formula is C10H13Cl3O. The maximum atomic E-state index is 6.26. The second-order valence-corrected chi connectivity index (χ2v) is 5.47. The monoisotopic (exact) mass is 254 g/mol. The van der Waals surface area contributed by atoms with Gasteiger partial charge in [-0.25, -0.2) is 0 Å². The predicted molar refractivity (Wildman–Crippen MR) is 60.1 cm³/mol. The molecule has 0 heterocycles. The molecule has 0 saturated heterocycles. The first-order valence-electron chi connectivity index (χ1n) is 4.92. The molecule has 2 atom stereocenters. The summed E-state index contributed by atoms with van der Waals surface area (Å²) in [6.45, 7) is 2.57. The molecule has 4 heteroatoms. The van der Waals surface area contributed by atoms with E-state index in [9.17, 15) is 0 Å². The SMILES string of the molecule is CCO[C@@]12/C(=C/Cl)CCC[C@@H]1C2(Cl)Cl. The summed E-state index contributed by atoms with van der Waals surface area (Å²) in [5.74, 6) is 0.219. The van der Waals surface area contributed by atoms with Gasteiger partial charge in [-0.1, -0.05) is 34.8 Å². The largest absolute Gasteiger partial charge is 0.367 e. The van der Waals surface area contributed by atoms with Gasteiger partial charge in [-0.3, -0.25) is 0 Å².